The van der Waals surface area contributed by atoms with Gasteiger partial charge in [-0.15, -0.1) is 11.3 Å². The molecule has 6 rings (SSSR count). The van der Waals surface area contributed by atoms with Crippen LogP contribution in [-0.4, -0.2) is 50.2 Å². The molecule has 1 aromatic carbocycles. The summed E-state index contributed by atoms with van der Waals surface area (Å²) in [4.78, 5) is 38.0. The number of thiazole rings is 1. The molecule has 4 heterocycles. The van der Waals surface area contributed by atoms with E-state index in [1.807, 2.05) is 30.0 Å². The molecular formula is C25H21BrFN5O2S. The van der Waals surface area contributed by atoms with Gasteiger partial charge >= 0.3 is 0 Å². The number of amides is 2. The number of nitrogens with zero attached hydrogens (tertiary/aromatic N) is 4. The van der Waals surface area contributed by atoms with Gasteiger partial charge in [0, 0.05) is 19.3 Å². The minimum atomic E-state index is -0.357. The maximum atomic E-state index is 13.8. The molecule has 10 heteroatoms. The number of fused-ring (bicyclic) bond motifs is 2. The molecule has 7 nitrogen and oxygen atoms in total. The Morgan fingerprint density at radius 1 is 1.29 bits per heavy atom. The van der Waals surface area contributed by atoms with E-state index in [0.29, 0.717) is 46.4 Å². The van der Waals surface area contributed by atoms with Crippen molar-refractivity contribution in [2.45, 2.75) is 19.4 Å². The van der Waals surface area contributed by atoms with Crippen molar-refractivity contribution in [3.05, 3.63) is 75.5 Å². The van der Waals surface area contributed by atoms with Gasteiger partial charge in [-0.05, 0) is 70.9 Å². The number of nitrogens with one attached hydrogen (secondary N) is 1. The van der Waals surface area contributed by atoms with Crippen molar-refractivity contribution in [1.29, 1.82) is 0 Å². The molecule has 1 aliphatic heterocycles. The Labute approximate surface area is 213 Å². The van der Waals surface area contributed by atoms with E-state index in [1.165, 1.54) is 17.4 Å². The van der Waals surface area contributed by atoms with Gasteiger partial charge in [0.1, 0.15) is 22.9 Å². The van der Waals surface area contributed by atoms with Crippen LogP contribution in [0.2, 0.25) is 0 Å². The smallest absolute Gasteiger partial charge is 0.274 e. The molecule has 2 aliphatic rings. The number of benzene rings is 1. The van der Waals surface area contributed by atoms with Crippen LogP contribution in [0.4, 0.5) is 4.39 Å². The van der Waals surface area contributed by atoms with Gasteiger partial charge < -0.3 is 10.2 Å². The molecule has 3 atom stereocenters. The van der Waals surface area contributed by atoms with Crippen molar-refractivity contribution in [1.82, 2.24) is 24.6 Å². The van der Waals surface area contributed by atoms with Gasteiger partial charge in [-0.2, -0.15) is 0 Å². The highest BCUT2D eigenvalue weighted by atomic mass is 79.9. The molecule has 1 unspecified atom stereocenters. The van der Waals surface area contributed by atoms with Crippen molar-refractivity contribution >= 4 is 44.7 Å². The minimum absolute atomic E-state index is 0.0922. The summed E-state index contributed by atoms with van der Waals surface area (Å²) >= 11 is 4.65. The number of pyridine rings is 1. The van der Waals surface area contributed by atoms with E-state index >= 15 is 0 Å². The highest BCUT2D eigenvalue weighted by Gasteiger charge is 2.54. The Hall–Kier alpha value is -3.11. The normalized spacial score (nSPS) is 20.8. The minimum Gasteiger partial charge on any atom is -0.349 e. The quantitative estimate of drug-likeness (QED) is 0.393. The molecule has 1 saturated carbocycles. The van der Waals surface area contributed by atoms with Crippen molar-refractivity contribution in [3.63, 3.8) is 0 Å². The Morgan fingerprint density at radius 3 is 2.97 bits per heavy atom. The second-order valence-electron chi connectivity index (χ2n) is 9.01. The van der Waals surface area contributed by atoms with Gasteiger partial charge in [0.05, 0.1) is 26.6 Å². The van der Waals surface area contributed by atoms with Crippen LogP contribution in [-0.2, 0) is 0 Å². The lowest BCUT2D eigenvalue weighted by atomic mass is 10.1. The fourth-order valence-corrected chi connectivity index (χ4v) is 6.28. The van der Waals surface area contributed by atoms with E-state index in [2.05, 4.69) is 31.2 Å². The molecule has 3 aromatic heterocycles. The molecule has 178 valence electrons. The highest BCUT2D eigenvalue weighted by molar-refractivity contribution is 9.10. The van der Waals surface area contributed by atoms with Crippen molar-refractivity contribution in [2.75, 3.05) is 13.1 Å². The van der Waals surface area contributed by atoms with Gasteiger partial charge in [0.25, 0.3) is 11.8 Å². The number of imidazole rings is 1. The maximum absolute atomic E-state index is 13.8. The van der Waals surface area contributed by atoms with Crippen LogP contribution in [0.3, 0.4) is 0 Å². The van der Waals surface area contributed by atoms with Crippen LogP contribution in [0, 0.1) is 24.6 Å². The van der Waals surface area contributed by atoms with Crippen molar-refractivity contribution < 1.29 is 14.0 Å². The molecular weight excluding hydrogens is 533 g/mol. The van der Waals surface area contributed by atoms with E-state index in [9.17, 15) is 14.0 Å². The summed E-state index contributed by atoms with van der Waals surface area (Å²) in [5, 5.41) is 3.79. The third kappa shape index (κ3) is 3.94. The first kappa shape index (κ1) is 22.4. The fourth-order valence-electron chi connectivity index (χ4n) is 5.00. The average Bonchev–Trinajstić information content (AvgIpc) is 3.18. The Bertz CT molecular complexity index is 1480. The van der Waals surface area contributed by atoms with E-state index in [-0.39, 0.29) is 23.7 Å². The number of piperidine rings is 1. The summed E-state index contributed by atoms with van der Waals surface area (Å²) in [5.74, 6) is 0.112. The van der Waals surface area contributed by atoms with Gasteiger partial charge in [0.2, 0.25) is 0 Å². The van der Waals surface area contributed by atoms with Crippen LogP contribution >= 0.6 is 27.3 Å². The molecule has 0 spiro atoms. The van der Waals surface area contributed by atoms with Crippen molar-refractivity contribution in [2.24, 2.45) is 11.8 Å². The first-order chi connectivity index (χ1) is 16.9. The van der Waals surface area contributed by atoms with Gasteiger partial charge in [0.15, 0.2) is 0 Å². The summed E-state index contributed by atoms with van der Waals surface area (Å²) in [6, 6.07) is 10.2. The zero-order valence-corrected chi connectivity index (χ0v) is 21.1. The molecule has 0 bridgehead atoms. The number of likely N-dealkylation sites (tertiary alicyclic amines) is 1. The predicted octanol–water partition coefficient (Wildman–Crippen LogP) is 4.56. The zero-order chi connectivity index (χ0) is 24.3. The van der Waals surface area contributed by atoms with E-state index < -0.39 is 0 Å². The Morgan fingerprint density at radius 2 is 2.14 bits per heavy atom. The van der Waals surface area contributed by atoms with Crippen LogP contribution < -0.4 is 5.32 Å². The SMILES string of the molecule is Cc1nc(C(=O)N2C[C@@H]3CC3[C@H]2CNC(=O)c2cnc3ccccn23)c(-c2ccc(F)c(Br)c2)s1. The lowest BCUT2D eigenvalue weighted by Crippen LogP contribution is -2.46. The lowest BCUT2D eigenvalue weighted by Gasteiger charge is -2.27. The molecule has 4 aromatic rings. The largest absolute Gasteiger partial charge is 0.349 e. The first-order valence-electron chi connectivity index (χ1n) is 11.3. The third-order valence-electron chi connectivity index (χ3n) is 6.80. The van der Waals surface area contributed by atoms with Crippen LogP contribution in [0.1, 0.15) is 32.4 Å². The number of carbonyl (C=O) groups excluding carboxylic acids is 2. The van der Waals surface area contributed by atoms with Gasteiger partial charge in [-0.3, -0.25) is 14.0 Å². The zero-order valence-electron chi connectivity index (χ0n) is 18.7. The van der Waals surface area contributed by atoms with Crippen molar-refractivity contribution in [3.8, 4) is 10.4 Å². The third-order valence-corrected chi connectivity index (χ3v) is 8.43. The molecule has 0 radical (unpaired) electrons. The first-order valence-corrected chi connectivity index (χ1v) is 13.0. The molecule has 2 fully saturated rings. The van der Waals surface area contributed by atoms with E-state index in [4.69, 9.17) is 0 Å². The molecule has 35 heavy (non-hydrogen) atoms. The number of hydrogen-bond donors (Lipinski definition) is 1. The second-order valence-corrected chi connectivity index (χ2v) is 11.1. The van der Waals surface area contributed by atoms with E-state index in [1.54, 1.807) is 28.9 Å². The summed E-state index contributed by atoms with van der Waals surface area (Å²) < 4.78 is 15.9. The molecule has 1 N–H and O–H groups in total. The van der Waals surface area contributed by atoms with Gasteiger partial charge in [-0.1, -0.05) is 12.1 Å². The predicted molar refractivity (Wildman–Crippen MR) is 134 cm³/mol. The summed E-state index contributed by atoms with van der Waals surface area (Å²) in [6.45, 7) is 2.88. The number of hydrogen-bond acceptors (Lipinski definition) is 5. The van der Waals surface area contributed by atoms with Crippen LogP contribution in [0.15, 0.2) is 53.3 Å². The lowest BCUT2D eigenvalue weighted by molar-refractivity contribution is 0.0690. The molecule has 1 aliphatic carbocycles. The summed E-state index contributed by atoms with van der Waals surface area (Å²) in [6.07, 6.45) is 4.43. The average molecular weight is 554 g/mol. The maximum Gasteiger partial charge on any atom is 0.274 e. The van der Waals surface area contributed by atoms with E-state index in [0.717, 1.165) is 21.9 Å². The molecule has 2 amide bonds. The van der Waals surface area contributed by atoms with Crippen LogP contribution in [0.5, 0.6) is 0 Å². The van der Waals surface area contributed by atoms with Gasteiger partial charge in [-0.25, -0.2) is 14.4 Å². The Kier molecular flexibility index (Phi) is 5.45. The number of aromatic nitrogens is 3. The monoisotopic (exact) mass is 553 g/mol. The number of rotatable bonds is 5. The van der Waals surface area contributed by atoms with Crippen LogP contribution in [0.25, 0.3) is 16.1 Å². The number of carbonyl (C=O) groups is 2. The molecule has 1 saturated heterocycles. The highest BCUT2D eigenvalue weighted by Crippen LogP contribution is 2.50. The fraction of sp³-hybridized carbons (Fsp3) is 0.280. The number of halogens is 2. The second kappa shape index (κ2) is 8.53. The topological polar surface area (TPSA) is 79.6 Å². The Balaban J connectivity index is 1.23. The summed E-state index contributed by atoms with van der Waals surface area (Å²) in [5.41, 5.74) is 2.29. The number of aryl methyl sites for hydroxylation is 1. The summed E-state index contributed by atoms with van der Waals surface area (Å²) in [7, 11) is 0. The standard InChI is InChI=1S/C25H21BrFN5O2S/c1-13-30-22(23(35-13)14-5-6-18(27)17(26)9-14)25(34)32-12-15-8-16(15)19(32)10-29-24(33)20-11-28-21-4-2-3-7-31(20)21/h2-7,9,11,15-16,19H,8,10,12H2,1H3,(H,29,33)/t15-,16?,19+/m0/s1.